The first-order chi connectivity index (χ1) is 8.70. The SMILES string of the molecule is CCCn1ccnc1Cc1ccc(C(=O)O)nc1. The zero-order valence-electron chi connectivity index (χ0n) is 10.2. The van der Waals surface area contributed by atoms with Crippen LogP contribution >= 0.6 is 0 Å². The summed E-state index contributed by atoms with van der Waals surface area (Å²) in [5, 5.41) is 8.77. The standard InChI is InChI=1S/C13H15N3O2/c1-2-6-16-7-5-14-12(16)8-10-3-4-11(13(17)18)15-9-10/h3-5,7,9H,2,6,8H2,1H3,(H,17,18). The number of aryl methyl sites for hydroxylation is 1. The number of rotatable bonds is 5. The molecule has 0 amide bonds. The van der Waals surface area contributed by atoms with Crippen molar-refractivity contribution in [2.24, 2.45) is 0 Å². The van der Waals surface area contributed by atoms with E-state index in [1.165, 1.54) is 6.07 Å². The highest BCUT2D eigenvalue weighted by molar-refractivity contribution is 5.85. The molecule has 0 bridgehead atoms. The van der Waals surface area contributed by atoms with Gasteiger partial charge >= 0.3 is 5.97 Å². The molecule has 18 heavy (non-hydrogen) atoms. The van der Waals surface area contributed by atoms with Crippen molar-refractivity contribution in [3.05, 3.63) is 47.8 Å². The Kier molecular flexibility index (Phi) is 3.72. The molecule has 94 valence electrons. The monoisotopic (exact) mass is 245 g/mol. The molecule has 0 fully saturated rings. The Bertz CT molecular complexity index is 531. The second-order valence-corrected chi connectivity index (χ2v) is 4.07. The van der Waals surface area contributed by atoms with E-state index in [0.29, 0.717) is 6.42 Å². The van der Waals surface area contributed by atoms with Crippen molar-refractivity contribution in [2.75, 3.05) is 0 Å². The molecule has 2 rings (SSSR count). The van der Waals surface area contributed by atoms with E-state index in [1.807, 2.05) is 6.20 Å². The largest absolute Gasteiger partial charge is 0.477 e. The molecule has 0 aromatic carbocycles. The van der Waals surface area contributed by atoms with Crippen LogP contribution in [0.3, 0.4) is 0 Å². The lowest BCUT2D eigenvalue weighted by Crippen LogP contribution is -2.05. The minimum atomic E-state index is -1.01. The van der Waals surface area contributed by atoms with Gasteiger partial charge in [0.15, 0.2) is 0 Å². The maximum absolute atomic E-state index is 10.7. The zero-order chi connectivity index (χ0) is 13.0. The van der Waals surface area contributed by atoms with Gasteiger partial charge in [-0.2, -0.15) is 0 Å². The van der Waals surface area contributed by atoms with E-state index in [1.54, 1.807) is 18.5 Å². The van der Waals surface area contributed by atoms with Crippen LogP contribution in [0.25, 0.3) is 0 Å². The molecule has 0 aliphatic rings. The first-order valence-corrected chi connectivity index (χ1v) is 5.89. The molecule has 2 aromatic rings. The number of hydrogen-bond acceptors (Lipinski definition) is 3. The molecule has 0 aliphatic heterocycles. The van der Waals surface area contributed by atoms with Crippen LogP contribution < -0.4 is 0 Å². The Morgan fingerprint density at radius 2 is 2.22 bits per heavy atom. The van der Waals surface area contributed by atoms with Gasteiger partial charge in [-0.3, -0.25) is 0 Å². The molecule has 5 heteroatoms. The Morgan fingerprint density at radius 3 is 2.83 bits per heavy atom. The number of carboxylic acid groups (broad SMARTS) is 1. The van der Waals surface area contributed by atoms with Crippen LogP contribution in [0.4, 0.5) is 0 Å². The molecule has 0 saturated carbocycles. The molecule has 2 heterocycles. The van der Waals surface area contributed by atoms with Gasteiger partial charge in [0, 0.05) is 31.6 Å². The highest BCUT2D eigenvalue weighted by Gasteiger charge is 2.06. The molecule has 5 nitrogen and oxygen atoms in total. The van der Waals surface area contributed by atoms with Gasteiger partial charge in [0.05, 0.1) is 0 Å². The molecule has 0 atom stereocenters. The molecule has 0 radical (unpaired) electrons. The van der Waals surface area contributed by atoms with E-state index in [4.69, 9.17) is 5.11 Å². The van der Waals surface area contributed by atoms with E-state index in [2.05, 4.69) is 21.5 Å². The van der Waals surface area contributed by atoms with Crippen LogP contribution in [0.2, 0.25) is 0 Å². The van der Waals surface area contributed by atoms with Crippen LogP contribution in [-0.2, 0) is 13.0 Å². The summed E-state index contributed by atoms with van der Waals surface area (Å²) in [5.74, 6) is -0.0317. The first-order valence-electron chi connectivity index (χ1n) is 5.89. The Hall–Kier alpha value is -2.17. The van der Waals surface area contributed by atoms with E-state index < -0.39 is 5.97 Å². The number of pyridine rings is 1. The Morgan fingerprint density at radius 1 is 1.39 bits per heavy atom. The molecule has 1 N–H and O–H groups in total. The van der Waals surface area contributed by atoms with E-state index in [9.17, 15) is 4.79 Å². The van der Waals surface area contributed by atoms with Crippen molar-refractivity contribution in [1.82, 2.24) is 14.5 Å². The number of nitrogens with zero attached hydrogens (tertiary/aromatic N) is 3. The molecule has 0 spiro atoms. The van der Waals surface area contributed by atoms with Crippen LogP contribution in [-0.4, -0.2) is 25.6 Å². The normalized spacial score (nSPS) is 10.5. The van der Waals surface area contributed by atoms with Crippen molar-refractivity contribution in [3.8, 4) is 0 Å². The number of aromatic nitrogens is 3. The van der Waals surface area contributed by atoms with E-state index in [-0.39, 0.29) is 5.69 Å². The van der Waals surface area contributed by atoms with Gasteiger partial charge in [-0.1, -0.05) is 13.0 Å². The zero-order valence-corrected chi connectivity index (χ0v) is 10.2. The average molecular weight is 245 g/mol. The summed E-state index contributed by atoms with van der Waals surface area (Å²) >= 11 is 0. The van der Waals surface area contributed by atoms with Crippen molar-refractivity contribution < 1.29 is 9.90 Å². The summed E-state index contributed by atoms with van der Waals surface area (Å²) in [6.07, 6.45) is 7.05. The number of aromatic carboxylic acids is 1. The third-order valence-corrected chi connectivity index (χ3v) is 2.67. The summed E-state index contributed by atoms with van der Waals surface area (Å²) in [6, 6.07) is 3.30. The molecule has 2 aromatic heterocycles. The van der Waals surface area contributed by atoms with Crippen molar-refractivity contribution in [2.45, 2.75) is 26.3 Å². The van der Waals surface area contributed by atoms with Gasteiger partial charge in [-0.15, -0.1) is 0 Å². The molecule has 0 unspecified atom stereocenters. The van der Waals surface area contributed by atoms with Gasteiger partial charge < -0.3 is 9.67 Å². The molecule has 0 saturated heterocycles. The molecular formula is C13H15N3O2. The van der Waals surface area contributed by atoms with Crippen molar-refractivity contribution in [3.63, 3.8) is 0 Å². The second kappa shape index (κ2) is 5.44. The van der Waals surface area contributed by atoms with Crippen LogP contribution in [0.1, 0.15) is 35.2 Å². The maximum atomic E-state index is 10.7. The van der Waals surface area contributed by atoms with Gasteiger partial charge in [-0.25, -0.2) is 14.8 Å². The molecular weight excluding hydrogens is 230 g/mol. The summed E-state index contributed by atoms with van der Waals surface area (Å²) in [6.45, 7) is 3.06. The van der Waals surface area contributed by atoms with Gasteiger partial charge in [0.2, 0.25) is 0 Å². The number of hydrogen-bond donors (Lipinski definition) is 1. The van der Waals surface area contributed by atoms with Crippen molar-refractivity contribution >= 4 is 5.97 Å². The third-order valence-electron chi connectivity index (χ3n) is 2.67. The van der Waals surface area contributed by atoms with Crippen LogP contribution in [0.5, 0.6) is 0 Å². The lowest BCUT2D eigenvalue weighted by molar-refractivity contribution is 0.0690. The molecule has 0 aliphatic carbocycles. The second-order valence-electron chi connectivity index (χ2n) is 4.07. The number of carbonyl (C=O) groups is 1. The Balaban J connectivity index is 2.13. The fourth-order valence-corrected chi connectivity index (χ4v) is 1.79. The fourth-order valence-electron chi connectivity index (χ4n) is 1.79. The lowest BCUT2D eigenvalue weighted by atomic mass is 10.2. The van der Waals surface area contributed by atoms with Gasteiger partial charge in [0.25, 0.3) is 0 Å². The van der Waals surface area contributed by atoms with E-state index >= 15 is 0 Å². The van der Waals surface area contributed by atoms with Crippen LogP contribution in [0.15, 0.2) is 30.7 Å². The summed E-state index contributed by atoms with van der Waals surface area (Å²) in [5.41, 5.74) is 1.03. The van der Waals surface area contributed by atoms with Gasteiger partial charge in [-0.05, 0) is 18.1 Å². The highest BCUT2D eigenvalue weighted by atomic mass is 16.4. The average Bonchev–Trinajstić information content (AvgIpc) is 2.78. The third kappa shape index (κ3) is 2.74. The minimum absolute atomic E-state index is 0.0654. The number of imidazole rings is 1. The topological polar surface area (TPSA) is 68.0 Å². The van der Waals surface area contributed by atoms with E-state index in [0.717, 1.165) is 24.4 Å². The quantitative estimate of drug-likeness (QED) is 0.874. The highest BCUT2D eigenvalue weighted by Crippen LogP contribution is 2.08. The predicted octanol–water partition coefficient (Wildman–Crippen LogP) is 1.98. The summed E-state index contributed by atoms with van der Waals surface area (Å²) in [4.78, 5) is 18.9. The number of carboxylic acids is 1. The smallest absolute Gasteiger partial charge is 0.354 e. The van der Waals surface area contributed by atoms with Crippen molar-refractivity contribution in [1.29, 1.82) is 0 Å². The lowest BCUT2D eigenvalue weighted by Gasteiger charge is -2.06. The summed E-state index contributed by atoms with van der Waals surface area (Å²) in [7, 11) is 0. The predicted molar refractivity (Wildman–Crippen MR) is 66.5 cm³/mol. The minimum Gasteiger partial charge on any atom is -0.477 e. The first kappa shape index (κ1) is 12.3. The summed E-state index contributed by atoms with van der Waals surface area (Å²) < 4.78 is 2.10. The van der Waals surface area contributed by atoms with Gasteiger partial charge in [0.1, 0.15) is 11.5 Å². The Labute approximate surface area is 105 Å². The fraction of sp³-hybridized carbons (Fsp3) is 0.308. The maximum Gasteiger partial charge on any atom is 0.354 e. The van der Waals surface area contributed by atoms with Crippen LogP contribution in [0, 0.1) is 0 Å².